The summed E-state index contributed by atoms with van der Waals surface area (Å²) in [6, 6.07) is 0. The number of aromatic amines is 1. The van der Waals surface area contributed by atoms with Gasteiger partial charge in [-0.15, -0.1) is 5.10 Å². The van der Waals surface area contributed by atoms with Gasteiger partial charge in [-0.1, -0.05) is 0 Å². The number of H-pyrrole nitrogens is 1. The van der Waals surface area contributed by atoms with Crippen LogP contribution in [0.1, 0.15) is 35.2 Å². The summed E-state index contributed by atoms with van der Waals surface area (Å²) in [5.74, 6) is 0.905. The molecule has 2 fully saturated rings. The minimum absolute atomic E-state index is 0.112. The Hall–Kier alpha value is -1.64. The first-order chi connectivity index (χ1) is 9.92. The van der Waals surface area contributed by atoms with Crippen molar-refractivity contribution in [1.82, 2.24) is 25.0 Å². The van der Waals surface area contributed by atoms with E-state index in [-0.39, 0.29) is 37.9 Å². The molecule has 2 aliphatic rings. The van der Waals surface area contributed by atoms with Gasteiger partial charge in [0.15, 0.2) is 0 Å². The van der Waals surface area contributed by atoms with Gasteiger partial charge < -0.3 is 4.90 Å². The van der Waals surface area contributed by atoms with Gasteiger partial charge in [-0.25, -0.2) is 4.98 Å². The number of rotatable bonds is 3. The van der Waals surface area contributed by atoms with Gasteiger partial charge in [0.1, 0.15) is 5.82 Å². The maximum absolute atomic E-state index is 12.3. The molecule has 3 rings (SSSR count). The summed E-state index contributed by atoms with van der Waals surface area (Å²) in [5.41, 5.74) is 0. The summed E-state index contributed by atoms with van der Waals surface area (Å²) < 4.78 is 36.9. The van der Waals surface area contributed by atoms with Gasteiger partial charge in [0.2, 0.25) is 5.82 Å². The minimum atomic E-state index is -4.20. The summed E-state index contributed by atoms with van der Waals surface area (Å²) in [6.07, 6.45) is -2.09. The van der Waals surface area contributed by atoms with Gasteiger partial charge in [0.25, 0.3) is 5.91 Å². The van der Waals surface area contributed by atoms with Crippen LogP contribution < -0.4 is 0 Å². The van der Waals surface area contributed by atoms with Gasteiger partial charge in [0, 0.05) is 32.1 Å². The fraction of sp³-hybridized carbons (Fsp3) is 0.750. The molecule has 1 aromatic rings. The van der Waals surface area contributed by atoms with Crippen molar-refractivity contribution in [3.05, 3.63) is 11.6 Å². The average molecular weight is 303 g/mol. The quantitative estimate of drug-likeness (QED) is 0.905. The lowest BCUT2D eigenvalue weighted by molar-refractivity contribution is -0.148. The Bertz CT molecular complexity index is 517. The molecule has 116 valence electrons. The van der Waals surface area contributed by atoms with Crippen LogP contribution in [-0.2, 0) is 0 Å². The predicted molar refractivity (Wildman–Crippen MR) is 66.8 cm³/mol. The Balaban J connectivity index is 1.54. The van der Waals surface area contributed by atoms with E-state index < -0.39 is 12.7 Å². The number of aromatic nitrogens is 3. The maximum Gasteiger partial charge on any atom is 0.401 e. The van der Waals surface area contributed by atoms with Crippen LogP contribution in [0.3, 0.4) is 0 Å². The number of amides is 1. The zero-order valence-corrected chi connectivity index (χ0v) is 11.4. The van der Waals surface area contributed by atoms with Crippen molar-refractivity contribution in [2.75, 3.05) is 32.7 Å². The van der Waals surface area contributed by atoms with Crippen molar-refractivity contribution >= 4 is 5.91 Å². The molecule has 6 nitrogen and oxygen atoms in total. The van der Waals surface area contributed by atoms with Crippen LogP contribution in [0.4, 0.5) is 13.2 Å². The molecule has 0 bridgehead atoms. The van der Waals surface area contributed by atoms with Crippen molar-refractivity contribution < 1.29 is 18.0 Å². The van der Waals surface area contributed by atoms with Crippen LogP contribution in [0.15, 0.2) is 0 Å². The Morgan fingerprint density at radius 1 is 1.24 bits per heavy atom. The van der Waals surface area contributed by atoms with Crippen molar-refractivity contribution in [3.8, 4) is 0 Å². The standard InChI is InChI=1S/C12H16F3N5O/c13-12(14,15)7-19-3-5-20(6-4-19)11(21)10-16-9(17-18-10)8-1-2-8/h8H,1-7H2,(H,16,17,18). The molecule has 0 aromatic carbocycles. The lowest BCUT2D eigenvalue weighted by Gasteiger charge is -2.34. The number of nitrogens with zero attached hydrogens (tertiary/aromatic N) is 4. The lowest BCUT2D eigenvalue weighted by Crippen LogP contribution is -2.51. The van der Waals surface area contributed by atoms with Crippen LogP contribution in [-0.4, -0.2) is 69.8 Å². The molecule has 1 aromatic heterocycles. The molecular formula is C12H16F3N5O. The topological polar surface area (TPSA) is 65.1 Å². The molecule has 1 N–H and O–H groups in total. The Kier molecular flexibility index (Phi) is 3.60. The minimum Gasteiger partial charge on any atom is -0.333 e. The van der Waals surface area contributed by atoms with Crippen LogP contribution in [0.25, 0.3) is 0 Å². The molecule has 1 amide bonds. The molecule has 1 aliphatic carbocycles. The van der Waals surface area contributed by atoms with Crippen LogP contribution in [0.5, 0.6) is 0 Å². The summed E-state index contributed by atoms with van der Waals surface area (Å²) >= 11 is 0. The van der Waals surface area contributed by atoms with Crippen LogP contribution >= 0.6 is 0 Å². The number of carbonyl (C=O) groups excluding carboxylic acids is 1. The highest BCUT2D eigenvalue weighted by atomic mass is 19.4. The fourth-order valence-electron chi connectivity index (χ4n) is 2.41. The zero-order chi connectivity index (χ0) is 15.0. The van der Waals surface area contributed by atoms with Crippen molar-refractivity contribution in [3.63, 3.8) is 0 Å². The van der Waals surface area contributed by atoms with Gasteiger partial charge in [-0.05, 0) is 12.8 Å². The highest BCUT2D eigenvalue weighted by Crippen LogP contribution is 2.37. The molecule has 0 unspecified atom stereocenters. The molecule has 0 radical (unpaired) electrons. The van der Waals surface area contributed by atoms with Gasteiger partial charge in [-0.3, -0.25) is 14.8 Å². The summed E-state index contributed by atoms with van der Waals surface area (Å²) in [7, 11) is 0. The molecule has 0 atom stereocenters. The Labute approximate surface area is 119 Å². The van der Waals surface area contributed by atoms with Crippen molar-refractivity contribution in [1.29, 1.82) is 0 Å². The van der Waals surface area contributed by atoms with Crippen molar-refractivity contribution in [2.45, 2.75) is 24.9 Å². The first-order valence-corrected chi connectivity index (χ1v) is 6.93. The monoisotopic (exact) mass is 303 g/mol. The molecule has 1 saturated carbocycles. The fourth-order valence-corrected chi connectivity index (χ4v) is 2.41. The number of carbonyl (C=O) groups is 1. The number of nitrogens with one attached hydrogen (secondary N) is 1. The molecule has 1 saturated heterocycles. The van der Waals surface area contributed by atoms with Crippen molar-refractivity contribution in [2.24, 2.45) is 0 Å². The highest BCUT2D eigenvalue weighted by molar-refractivity contribution is 5.90. The summed E-state index contributed by atoms with van der Waals surface area (Å²) in [6.45, 7) is 0.0300. The highest BCUT2D eigenvalue weighted by Gasteiger charge is 2.34. The smallest absolute Gasteiger partial charge is 0.333 e. The molecule has 9 heteroatoms. The summed E-state index contributed by atoms with van der Waals surface area (Å²) in [5, 5.41) is 6.67. The summed E-state index contributed by atoms with van der Waals surface area (Å²) in [4.78, 5) is 19.2. The van der Waals surface area contributed by atoms with Gasteiger partial charge >= 0.3 is 6.18 Å². The zero-order valence-electron chi connectivity index (χ0n) is 11.4. The van der Waals surface area contributed by atoms with Gasteiger partial charge in [0.05, 0.1) is 6.54 Å². The number of halogens is 3. The van der Waals surface area contributed by atoms with E-state index >= 15 is 0 Å². The van der Waals surface area contributed by atoms with Gasteiger partial charge in [-0.2, -0.15) is 13.2 Å². The second kappa shape index (κ2) is 5.28. The largest absolute Gasteiger partial charge is 0.401 e. The van der Waals surface area contributed by atoms with E-state index in [9.17, 15) is 18.0 Å². The van der Waals surface area contributed by atoms with E-state index in [1.165, 1.54) is 9.80 Å². The van der Waals surface area contributed by atoms with E-state index in [4.69, 9.17) is 0 Å². The second-order valence-electron chi connectivity index (χ2n) is 5.50. The van der Waals surface area contributed by atoms with E-state index in [1.54, 1.807) is 0 Å². The van der Waals surface area contributed by atoms with E-state index in [1.807, 2.05) is 0 Å². The number of alkyl halides is 3. The van der Waals surface area contributed by atoms with E-state index in [2.05, 4.69) is 15.2 Å². The van der Waals surface area contributed by atoms with Crippen LogP contribution in [0, 0.1) is 0 Å². The average Bonchev–Trinajstić information content (AvgIpc) is 3.15. The third kappa shape index (κ3) is 3.52. The number of piperazine rings is 1. The molecule has 2 heterocycles. The second-order valence-corrected chi connectivity index (χ2v) is 5.50. The number of hydrogen-bond acceptors (Lipinski definition) is 4. The first-order valence-electron chi connectivity index (χ1n) is 6.93. The Morgan fingerprint density at radius 2 is 1.90 bits per heavy atom. The molecular weight excluding hydrogens is 287 g/mol. The SMILES string of the molecule is O=C(c1n[nH]c(C2CC2)n1)N1CCN(CC(F)(F)F)CC1. The molecule has 1 aliphatic heterocycles. The lowest BCUT2D eigenvalue weighted by atomic mass is 10.3. The third-order valence-corrected chi connectivity index (χ3v) is 3.72. The predicted octanol–water partition coefficient (Wildman–Crippen LogP) is 1.00. The maximum atomic E-state index is 12.3. The first kappa shape index (κ1) is 14.3. The van der Waals surface area contributed by atoms with E-state index in [0.29, 0.717) is 5.92 Å². The third-order valence-electron chi connectivity index (χ3n) is 3.72. The Morgan fingerprint density at radius 3 is 2.48 bits per heavy atom. The van der Waals surface area contributed by atoms with Crippen LogP contribution in [0.2, 0.25) is 0 Å². The number of hydrogen-bond donors (Lipinski definition) is 1. The molecule has 0 spiro atoms. The normalized spacial score (nSPS) is 20.8. The molecule has 21 heavy (non-hydrogen) atoms. The van der Waals surface area contributed by atoms with E-state index in [0.717, 1.165) is 18.7 Å².